The molecular formula is C12H9N7. The molecule has 0 aliphatic heterocycles. The van der Waals surface area contributed by atoms with E-state index in [1.54, 1.807) is 11.0 Å². The first-order valence-electron chi connectivity index (χ1n) is 5.78. The number of nitrogens with zero attached hydrogens (tertiary/aromatic N) is 6. The Hall–Kier alpha value is -2.96. The van der Waals surface area contributed by atoms with Crippen molar-refractivity contribution < 1.29 is 0 Å². The van der Waals surface area contributed by atoms with Crippen LogP contribution in [0, 0.1) is 0 Å². The van der Waals surface area contributed by atoms with Crippen LogP contribution in [0.1, 0.15) is 0 Å². The minimum atomic E-state index is 0.662. The highest BCUT2D eigenvalue weighted by molar-refractivity contribution is 5.91. The minimum absolute atomic E-state index is 0.662. The van der Waals surface area contributed by atoms with E-state index in [0.717, 1.165) is 16.6 Å². The molecule has 0 spiro atoms. The molecule has 4 aromatic rings. The molecule has 4 rings (SSSR count). The van der Waals surface area contributed by atoms with Crippen molar-refractivity contribution in [1.29, 1.82) is 0 Å². The second kappa shape index (κ2) is 3.77. The van der Waals surface area contributed by atoms with Gasteiger partial charge in [-0.25, -0.2) is 9.66 Å². The lowest BCUT2D eigenvalue weighted by Crippen LogP contribution is -2.10. The van der Waals surface area contributed by atoms with Gasteiger partial charge in [-0.1, -0.05) is 0 Å². The number of nitrogens with one attached hydrogen (secondary N) is 1. The molecule has 7 nitrogen and oxygen atoms in total. The number of fused-ring (bicyclic) bond motifs is 1. The third-order valence-electron chi connectivity index (χ3n) is 2.95. The van der Waals surface area contributed by atoms with Gasteiger partial charge in [0.05, 0.1) is 5.56 Å². The van der Waals surface area contributed by atoms with Crippen LogP contribution in [0.15, 0.2) is 49.1 Å². The van der Waals surface area contributed by atoms with Crippen LogP contribution in [0.2, 0.25) is 0 Å². The fourth-order valence-electron chi connectivity index (χ4n) is 2.09. The Morgan fingerprint density at radius 2 is 2.00 bits per heavy atom. The highest BCUT2D eigenvalue weighted by Crippen LogP contribution is 2.25. The summed E-state index contributed by atoms with van der Waals surface area (Å²) < 4.78 is 1.81. The van der Waals surface area contributed by atoms with Gasteiger partial charge in [0.2, 0.25) is 5.82 Å². The summed E-state index contributed by atoms with van der Waals surface area (Å²) in [7, 11) is 0. The standard InChI is InChI=1S/C12H9N7/c1-2-7-18(6-1)19-12(15-16-17-19)10-8-14-11-9(10)4-3-5-13-11/h1-8H,(H,13,14). The Morgan fingerprint density at radius 3 is 2.89 bits per heavy atom. The zero-order valence-electron chi connectivity index (χ0n) is 9.80. The minimum Gasteiger partial charge on any atom is -0.345 e. The highest BCUT2D eigenvalue weighted by Gasteiger charge is 2.14. The Kier molecular flexibility index (Phi) is 1.99. The van der Waals surface area contributed by atoms with Crippen LogP contribution in [-0.2, 0) is 0 Å². The Morgan fingerprint density at radius 1 is 1.11 bits per heavy atom. The van der Waals surface area contributed by atoms with Gasteiger partial charge in [0.25, 0.3) is 0 Å². The van der Waals surface area contributed by atoms with Crippen LogP contribution >= 0.6 is 0 Å². The Labute approximate surface area is 107 Å². The molecule has 92 valence electrons. The van der Waals surface area contributed by atoms with Crippen molar-refractivity contribution in [2.45, 2.75) is 0 Å². The first-order valence-corrected chi connectivity index (χ1v) is 5.78. The Bertz CT molecular complexity index is 825. The third-order valence-corrected chi connectivity index (χ3v) is 2.95. The molecule has 0 aliphatic rings. The molecule has 0 saturated heterocycles. The average molecular weight is 251 g/mol. The van der Waals surface area contributed by atoms with E-state index in [0.29, 0.717) is 5.82 Å². The van der Waals surface area contributed by atoms with Crippen LogP contribution in [0.3, 0.4) is 0 Å². The number of hydrogen-bond donors (Lipinski definition) is 1. The molecule has 0 fully saturated rings. The van der Waals surface area contributed by atoms with Gasteiger partial charge >= 0.3 is 0 Å². The summed E-state index contributed by atoms with van der Waals surface area (Å²) in [5.74, 6) is 0.662. The summed E-state index contributed by atoms with van der Waals surface area (Å²) >= 11 is 0. The van der Waals surface area contributed by atoms with Gasteiger partial charge in [0.15, 0.2) is 0 Å². The number of tetrazole rings is 1. The first kappa shape index (κ1) is 10.0. The molecular weight excluding hydrogens is 242 g/mol. The van der Waals surface area contributed by atoms with Crippen LogP contribution in [0.5, 0.6) is 0 Å². The second-order valence-corrected chi connectivity index (χ2v) is 4.06. The maximum atomic E-state index is 4.26. The molecule has 0 bridgehead atoms. The van der Waals surface area contributed by atoms with E-state index in [1.807, 2.05) is 47.5 Å². The largest absolute Gasteiger partial charge is 0.345 e. The van der Waals surface area contributed by atoms with Crippen molar-refractivity contribution in [2.75, 3.05) is 0 Å². The molecule has 0 amide bonds. The van der Waals surface area contributed by atoms with Gasteiger partial charge in [-0.05, 0) is 34.7 Å². The fourth-order valence-corrected chi connectivity index (χ4v) is 2.09. The summed E-state index contributed by atoms with van der Waals surface area (Å²) in [6, 6.07) is 7.72. The van der Waals surface area contributed by atoms with Crippen LogP contribution < -0.4 is 0 Å². The molecule has 0 saturated carbocycles. The van der Waals surface area contributed by atoms with Gasteiger partial charge in [0, 0.05) is 30.2 Å². The Balaban J connectivity index is 1.96. The number of H-pyrrole nitrogens is 1. The normalized spacial score (nSPS) is 11.2. The van der Waals surface area contributed by atoms with Crippen molar-refractivity contribution in [3.05, 3.63) is 49.1 Å². The van der Waals surface area contributed by atoms with Crippen LogP contribution in [0.4, 0.5) is 0 Å². The summed E-state index contributed by atoms with van der Waals surface area (Å²) in [5.41, 5.74) is 1.74. The maximum Gasteiger partial charge on any atom is 0.207 e. The van der Waals surface area contributed by atoms with E-state index < -0.39 is 0 Å². The fraction of sp³-hybridized carbons (Fsp3) is 0. The lowest BCUT2D eigenvalue weighted by atomic mass is 10.2. The number of aromatic nitrogens is 7. The van der Waals surface area contributed by atoms with E-state index in [2.05, 4.69) is 25.5 Å². The van der Waals surface area contributed by atoms with Crippen LogP contribution in [-0.4, -0.2) is 35.0 Å². The molecule has 1 N–H and O–H groups in total. The molecule has 0 atom stereocenters. The van der Waals surface area contributed by atoms with Gasteiger partial charge in [-0.3, -0.25) is 0 Å². The number of pyridine rings is 1. The molecule has 4 heterocycles. The molecule has 0 radical (unpaired) electrons. The first-order chi connectivity index (χ1) is 9.43. The number of rotatable bonds is 2. The van der Waals surface area contributed by atoms with Crippen molar-refractivity contribution >= 4 is 11.0 Å². The molecule has 7 heteroatoms. The highest BCUT2D eigenvalue weighted by atomic mass is 15.7. The zero-order chi connectivity index (χ0) is 12.7. The van der Waals surface area contributed by atoms with E-state index in [-0.39, 0.29) is 0 Å². The van der Waals surface area contributed by atoms with E-state index in [4.69, 9.17) is 0 Å². The van der Waals surface area contributed by atoms with Crippen molar-refractivity contribution in [3.8, 4) is 11.4 Å². The van der Waals surface area contributed by atoms with Gasteiger partial charge in [0.1, 0.15) is 5.65 Å². The molecule has 19 heavy (non-hydrogen) atoms. The SMILES string of the molecule is c1cnc2[nH]cc(-c3nnnn3-n3cccc3)c2c1. The summed E-state index contributed by atoms with van der Waals surface area (Å²) in [5, 5.41) is 12.8. The molecule has 0 aliphatic carbocycles. The quantitative estimate of drug-likeness (QED) is 0.583. The van der Waals surface area contributed by atoms with E-state index in [9.17, 15) is 0 Å². The van der Waals surface area contributed by atoms with Crippen LogP contribution in [0.25, 0.3) is 22.4 Å². The number of hydrogen-bond acceptors (Lipinski definition) is 4. The number of aromatic amines is 1. The van der Waals surface area contributed by atoms with Gasteiger partial charge in [-0.15, -0.1) is 9.89 Å². The summed E-state index contributed by atoms with van der Waals surface area (Å²) in [4.78, 5) is 9.02. The van der Waals surface area contributed by atoms with Gasteiger partial charge in [-0.2, -0.15) is 0 Å². The van der Waals surface area contributed by atoms with Gasteiger partial charge < -0.3 is 4.98 Å². The summed E-state index contributed by atoms with van der Waals surface area (Å²) in [6.07, 6.45) is 7.38. The van der Waals surface area contributed by atoms with E-state index >= 15 is 0 Å². The summed E-state index contributed by atoms with van der Waals surface area (Å²) in [6.45, 7) is 0. The molecule has 0 aromatic carbocycles. The smallest absolute Gasteiger partial charge is 0.207 e. The zero-order valence-corrected chi connectivity index (χ0v) is 9.80. The predicted molar refractivity (Wildman–Crippen MR) is 68.1 cm³/mol. The lowest BCUT2D eigenvalue weighted by molar-refractivity contribution is 0.558. The lowest BCUT2D eigenvalue weighted by Gasteiger charge is -2.03. The predicted octanol–water partition coefficient (Wildman–Crippen LogP) is 1.33. The average Bonchev–Trinajstić information content (AvgIpc) is 3.17. The maximum absolute atomic E-state index is 4.26. The second-order valence-electron chi connectivity index (χ2n) is 4.06. The van der Waals surface area contributed by atoms with Crippen molar-refractivity contribution in [1.82, 2.24) is 35.0 Å². The molecule has 4 aromatic heterocycles. The topological polar surface area (TPSA) is 77.2 Å². The van der Waals surface area contributed by atoms with Crippen molar-refractivity contribution in [3.63, 3.8) is 0 Å². The van der Waals surface area contributed by atoms with E-state index in [1.165, 1.54) is 0 Å². The third kappa shape index (κ3) is 1.45. The van der Waals surface area contributed by atoms with Crippen molar-refractivity contribution in [2.24, 2.45) is 0 Å². The monoisotopic (exact) mass is 251 g/mol. The molecule has 0 unspecified atom stereocenters.